The molecule has 1 amide bonds. The number of amides is 1. The predicted molar refractivity (Wildman–Crippen MR) is 54.7 cm³/mol. The highest BCUT2D eigenvalue weighted by Gasteiger charge is 2.41. The van der Waals surface area contributed by atoms with Crippen molar-refractivity contribution < 1.29 is 39.9 Å². The average molecular weight is 321 g/mol. The number of benzene rings is 1. The topological polar surface area (TPSA) is 29.1 Å². The van der Waals surface area contributed by atoms with Gasteiger partial charge in [-0.05, 0) is 18.2 Å². The van der Waals surface area contributed by atoms with Crippen molar-refractivity contribution in [2.75, 3.05) is 6.54 Å². The fourth-order valence-corrected chi connectivity index (χ4v) is 1.25. The Balaban J connectivity index is 2.93. The summed E-state index contributed by atoms with van der Waals surface area (Å²) in [4.78, 5) is 11.3. The van der Waals surface area contributed by atoms with Gasteiger partial charge in [-0.2, -0.15) is 22.0 Å². The predicted octanol–water partition coefficient (Wildman–Crippen LogP) is 3.47. The summed E-state index contributed by atoms with van der Waals surface area (Å²) in [6.07, 6.45) is -8.96. The van der Waals surface area contributed by atoms with E-state index in [1.54, 1.807) is 0 Å². The molecule has 0 aromatic heterocycles. The van der Waals surface area contributed by atoms with E-state index >= 15 is 0 Å². The van der Waals surface area contributed by atoms with E-state index in [4.69, 9.17) is 0 Å². The van der Waals surface area contributed by atoms with Crippen molar-refractivity contribution >= 4 is 5.91 Å². The molecule has 21 heavy (non-hydrogen) atoms. The molecule has 0 spiro atoms. The van der Waals surface area contributed by atoms with E-state index in [2.05, 4.69) is 0 Å². The maximum Gasteiger partial charge on any atom is 0.416 e. The highest BCUT2D eigenvalue weighted by molar-refractivity contribution is 5.94. The van der Waals surface area contributed by atoms with Crippen molar-refractivity contribution in [2.24, 2.45) is 0 Å². The Labute approximate surface area is 112 Å². The first-order valence-electron chi connectivity index (χ1n) is 5.26. The molecular formula is C11H7F8NO. The summed E-state index contributed by atoms with van der Waals surface area (Å²) in [6, 6.07) is 0.772. The van der Waals surface area contributed by atoms with Crippen molar-refractivity contribution in [1.82, 2.24) is 5.32 Å². The molecule has 2 nitrogen and oxygen atoms in total. The Morgan fingerprint density at radius 3 is 2.19 bits per heavy atom. The lowest BCUT2D eigenvalue weighted by Gasteiger charge is -2.16. The molecule has 10 heteroatoms. The third-order valence-corrected chi connectivity index (χ3v) is 2.34. The van der Waals surface area contributed by atoms with E-state index in [9.17, 15) is 39.9 Å². The van der Waals surface area contributed by atoms with E-state index < -0.39 is 47.9 Å². The van der Waals surface area contributed by atoms with Gasteiger partial charge in [0.1, 0.15) is 5.82 Å². The van der Waals surface area contributed by atoms with Crippen LogP contribution in [0.1, 0.15) is 15.9 Å². The van der Waals surface area contributed by atoms with Crippen LogP contribution in [0.2, 0.25) is 0 Å². The number of hydrogen-bond donors (Lipinski definition) is 1. The molecule has 1 N–H and O–H groups in total. The van der Waals surface area contributed by atoms with E-state index in [-0.39, 0.29) is 6.07 Å². The summed E-state index contributed by atoms with van der Waals surface area (Å²) in [6.45, 7) is -1.83. The monoisotopic (exact) mass is 321 g/mol. The molecule has 0 unspecified atom stereocenters. The van der Waals surface area contributed by atoms with Crippen LogP contribution in [0.3, 0.4) is 0 Å². The minimum Gasteiger partial charge on any atom is -0.346 e. The first kappa shape index (κ1) is 17.2. The van der Waals surface area contributed by atoms with Crippen molar-refractivity contribution in [1.29, 1.82) is 0 Å². The van der Waals surface area contributed by atoms with Gasteiger partial charge in [0.05, 0.1) is 17.7 Å². The lowest BCUT2D eigenvalue weighted by atomic mass is 10.1. The maximum atomic E-state index is 13.2. The van der Waals surface area contributed by atoms with Gasteiger partial charge in [0, 0.05) is 0 Å². The second kappa shape index (κ2) is 5.86. The van der Waals surface area contributed by atoms with Crippen molar-refractivity contribution in [3.63, 3.8) is 0 Å². The average Bonchev–Trinajstić information content (AvgIpc) is 2.35. The highest BCUT2D eigenvalue weighted by Crippen LogP contribution is 2.30. The number of carbonyl (C=O) groups excluding carboxylic acids is 1. The summed E-state index contributed by atoms with van der Waals surface area (Å²) in [5.74, 6) is -7.63. The lowest BCUT2D eigenvalue weighted by Crippen LogP contribution is -2.41. The summed E-state index contributed by atoms with van der Waals surface area (Å²) in [7, 11) is 0. The molecule has 1 rings (SSSR count). The minimum atomic E-state index is -4.88. The van der Waals surface area contributed by atoms with Crippen LogP contribution in [0.5, 0.6) is 0 Å². The van der Waals surface area contributed by atoms with Gasteiger partial charge in [0.15, 0.2) is 0 Å². The van der Waals surface area contributed by atoms with Gasteiger partial charge in [-0.3, -0.25) is 4.79 Å². The number of alkyl halides is 7. The second-order valence-electron chi connectivity index (χ2n) is 3.94. The van der Waals surface area contributed by atoms with Crippen LogP contribution in [0, 0.1) is 5.82 Å². The quantitative estimate of drug-likeness (QED) is 0.845. The molecule has 0 saturated carbocycles. The second-order valence-corrected chi connectivity index (χ2v) is 3.94. The minimum absolute atomic E-state index is 0.102. The van der Waals surface area contributed by atoms with Crippen LogP contribution < -0.4 is 5.32 Å². The van der Waals surface area contributed by atoms with Crippen LogP contribution in [-0.2, 0) is 6.18 Å². The van der Waals surface area contributed by atoms with Crippen LogP contribution in [0.4, 0.5) is 35.1 Å². The number of nitrogens with one attached hydrogen (secondary N) is 1. The molecule has 0 aliphatic carbocycles. The third kappa shape index (κ3) is 4.30. The first-order valence-corrected chi connectivity index (χ1v) is 5.26. The van der Waals surface area contributed by atoms with Crippen LogP contribution in [-0.4, -0.2) is 24.8 Å². The molecule has 0 bridgehead atoms. The van der Waals surface area contributed by atoms with Crippen molar-refractivity contribution in [2.45, 2.75) is 18.5 Å². The van der Waals surface area contributed by atoms with Crippen molar-refractivity contribution in [3.05, 3.63) is 35.1 Å². The van der Waals surface area contributed by atoms with E-state index in [1.807, 2.05) is 0 Å². The molecule has 1 aromatic carbocycles. The Morgan fingerprint density at radius 1 is 1.14 bits per heavy atom. The van der Waals surface area contributed by atoms with Gasteiger partial charge in [0.2, 0.25) is 0 Å². The van der Waals surface area contributed by atoms with Gasteiger partial charge < -0.3 is 5.32 Å². The van der Waals surface area contributed by atoms with Gasteiger partial charge in [0.25, 0.3) is 5.91 Å². The summed E-state index contributed by atoms with van der Waals surface area (Å²) < 4.78 is 99.1. The fraction of sp³-hybridized carbons (Fsp3) is 0.364. The summed E-state index contributed by atoms with van der Waals surface area (Å²) >= 11 is 0. The largest absolute Gasteiger partial charge is 0.416 e. The van der Waals surface area contributed by atoms with Crippen LogP contribution in [0.25, 0.3) is 0 Å². The Bertz CT molecular complexity index is 525. The van der Waals surface area contributed by atoms with Gasteiger partial charge in [-0.15, -0.1) is 0 Å². The molecule has 118 valence electrons. The highest BCUT2D eigenvalue weighted by atomic mass is 19.4. The van der Waals surface area contributed by atoms with E-state index in [1.165, 1.54) is 5.32 Å². The van der Waals surface area contributed by atoms with Crippen molar-refractivity contribution in [3.8, 4) is 0 Å². The molecule has 0 heterocycles. The lowest BCUT2D eigenvalue weighted by molar-refractivity contribution is -0.137. The standard InChI is InChI=1S/C11H7F8NO/c12-7-2-1-5(11(17,18)19)3-6(7)8(21)20-4-10(15,16)9(13)14/h1-3,9H,4H2,(H,20,21). The first-order chi connectivity index (χ1) is 9.45. The zero-order valence-corrected chi connectivity index (χ0v) is 9.95. The number of rotatable bonds is 4. The Morgan fingerprint density at radius 2 is 1.71 bits per heavy atom. The van der Waals surface area contributed by atoms with Crippen LogP contribution in [0.15, 0.2) is 18.2 Å². The van der Waals surface area contributed by atoms with E-state index in [0.29, 0.717) is 12.1 Å². The van der Waals surface area contributed by atoms with Gasteiger partial charge >= 0.3 is 18.5 Å². The SMILES string of the molecule is O=C(NCC(F)(F)C(F)F)c1cc(C(F)(F)F)ccc1F. The molecule has 0 aliphatic rings. The molecule has 0 atom stereocenters. The maximum absolute atomic E-state index is 13.2. The molecule has 0 saturated heterocycles. The van der Waals surface area contributed by atoms with Gasteiger partial charge in [-0.25, -0.2) is 13.2 Å². The Kier molecular flexibility index (Phi) is 4.79. The normalized spacial score (nSPS) is 12.6. The number of halogens is 8. The van der Waals surface area contributed by atoms with E-state index in [0.717, 1.165) is 0 Å². The zero-order valence-electron chi connectivity index (χ0n) is 9.95. The molecule has 0 radical (unpaired) electrons. The summed E-state index contributed by atoms with van der Waals surface area (Å²) in [5.41, 5.74) is -2.55. The fourth-order valence-electron chi connectivity index (χ4n) is 1.25. The molecule has 0 aliphatic heterocycles. The number of carbonyl (C=O) groups is 1. The third-order valence-electron chi connectivity index (χ3n) is 2.34. The smallest absolute Gasteiger partial charge is 0.346 e. The molecule has 0 fully saturated rings. The zero-order chi connectivity index (χ0) is 16.4. The summed E-state index contributed by atoms with van der Waals surface area (Å²) in [5, 5.41) is 1.26. The number of hydrogen-bond acceptors (Lipinski definition) is 1. The molecular weight excluding hydrogens is 314 g/mol. The Hall–Kier alpha value is -1.87. The molecule has 1 aromatic rings. The van der Waals surface area contributed by atoms with Gasteiger partial charge in [-0.1, -0.05) is 0 Å². The van der Waals surface area contributed by atoms with Crippen LogP contribution >= 0.6 is 0 Å².